The molecule has 1 aromatic carbocycles. The Kier molecular flexibility index (Phi) is 6.66. The van der Waals surface area contributed by atoms with E-state index in [2.05, 4.69) is 15.4 Å². The molecule has 0 saturated carbocycles. The molecule has 1 aliphatic heterocycles. The van der Waals surface area contributed by atoms with Crippen LogP contribution in [0.15, 0.2) is 66.0 Å². The van der Waals surface area contributed by atoms with Gasteiger partial charge >= 0.3 is 0 Å². The number of ketones is 1. The first kappa shape index (κ1) is 22.8. The zero-order valence-corrected chi connectivity index (χ0v) is 19.0. The topological polar surface area (TPSA) is 114 Å². The van der Waals surface area contributed by atoms with E-state index in [0.29, 0.717) is 30.8 Å². The summed E-state index contributed by atoms with van der Waals surface area (Å²) in [4.78, 5) is 28.7. The van der Waals surface area contributed by atoms with Gasteiger partial charge in [-0.15, -0.1) is 0 Å². The number of hydrogen-bond donors (Lipinski definition) is 1. The number of aromatic nitrogens is 3. The van der Waals surface area contributed by atoms with Gasteiger partial charge in [0.1, 0.15) is 0 Å². The standard InChI is InChI=1S/C23H25N5O4S/c1-17(29)20-4-2-5-21(14-20)33(31,32)27-12-8-19(9-13-27)23(30)25-16-18-6-7-22(24-15-18)28-11-3-10-26-28/h2-7,10-11,14-15,19H,8-9,12-13,16H2,1H3,(H,25,30). The number of nitrogens with zero attached hydrogens (tertiary/aromatic N) is 4. The Morgan fingerprint density at radius 1 is 1.12 bits per heavy atom. The second-order valence-electron chi connectivity index (χ2n) is 7.96. The number of sulfonamides is 1. The third-order valence-corrected chi connectivity index (χ3v) is 7.61. The van der Waals surface area contributed by atoms with Crippen LogP contribution in [0.4, 0.5) is 0 Å². The van der Waals surface area contributed by atoms with Gasteiger partial charge in [-0.1, -0.05) is 18.2 Å². The lowest BCUT2D eigenvalue weighted by atomic mass is 9.97. The molecule has 0 bridgehead atoms. The molecule has 3 aromatic rings. The van der Waals surface area contributed by atoms with E-state index in [4.69, 9.17) is 0 Å². The maximum atomic E-state index is 13.0. The quantitative estimate of drug-likeness (QED) is 0.533. The summed E-state index contributed by atoms with van der Waals surface area (Å²) in [5.41, 5.74) is 1.22. The van der Waals surface area contributed by atoms with Gasteiger partial charge in [0.05, 0.1) is 4.90 Å². The van der Waals surface area contributed by atoms with Crippen LogP contribution in [-0.2, 0) is 21.4 Å². The normalized spacial score (nSPS) is 15.3. The number of carbonyl (C=O) groups is 2. The van der Waals surface area contributed by atoms with Crippen LogP contribution < -0.4 is 5.32 Å². The van der Waals surface area contributed by atoms with Crippen LogP contribution in [0.3, 0.4) is 0 Å². The molecule has 0 aliphatic carbocycles. The highest BCUT2D eigenvalue weighted by molar-refractivity contribution is 7.89. The third kappa shape index (κ3) is 5.18. The van der Waals surface area contributed by atoms with Gasteiger partial charge in [0.2, 0.25) is 15.9 Å². The summed E-state index contributed by atoms with van der Waals surface area (Å²) in [6.07, 6.45) is 6.05. The number of piperidine rings is 1. The second-order valence-corrected chi connectivity index (χ2v) is 9.89. The highest BCUT2D eigenvalue weighted by atomic mass is 32.2. The van der Waals surface area contributed by atoms with Crippen molar-refractivity contribution in [3.8, 4) is 5.82 Å². The monoisotopic (exact) mass is 467 g/mol. The highest BCUT2D eigenvalue weighted by Crippen LogP contribution is 2.24. The Morgan fingerprint density at radius 2 is 1.91 bits per heavy atom. The van der Waals surface area contributed by atoms with Crippen molar-refractivity contribution >= 4 is 21.7 Å². The van der Waals surface area contributed by atoms with Crippen molar-refractivity contribution in [1.29, 1.82) is 0 Å². The fourth-order valence-electron chi connectivity index (χ4n) is 3.78. The fourth-order valence-corrected chi connectivity index (χ4v) is 5.29. The molecule has 0 spiro atoms. The van der Waals surface area contributed by atoms with Gasteiger partial charge < -0.3 is 5.32 Å². The molecule has 1 saturated heterocycles. The van der Waals surface area contributed by atoms with E-state index >= 15 is 0 Å². The zero-order valence-electron chi connectivity index (χ0n) is 18.2. The van der Waals surface area contributed by atoms with Crippen LogP contribution in [-0.4, -0.2) is 52.3 Å². The summed E-state index contributed by atoms with van der Waals surface area (Å²) in [7, 11) is -3.71. The molecule has 0 radical (unpaired) electrons. The molecule has 1 N–H and O–H groups in total. The highest BCUT2D eigenvalue weighted by Gasteiger charge is 2.32. The zero-order chi connectivity index (χ0) is 23.4. The molecule has 3 heterocycles. The fraction of sp³-hybridized carbons (Fsp3) is 0.304. The van der Waals surface area contributed by atoms with E-state index in [0.717, 1.165) is 5.56 Å². The van der Waals surface area contributed by atoms with E-state index in [-0.39, 0.29) is 35.6 Å². The van der Waals surface area contributed by atoms with Crippen LogP contribution in [0.25, 0.3) is 5.82 Å². The van der Waals surface area contributed by atoms with E-state index in [1.165, 1.54) is 23.4 Å². The Bertz CT molecular complexity index is 1230. The third-order valence-electron chi connectivity index (χ3n) is 5.72. The number of hydrogen-bond acceptors (Lipinski definition) is 6. The predicted octanol–water partition coefficient (Wildman–Crippen LogP) is 2.19. The molecule has 0 atom stereocenters. The molecule has 2 aromatic heterocycles. The van der Waals surface area contributed by atoms with Gasteiger partial charge in [0.15, 0.2) is 11.6 Å². The number of pyridine rings is 1. The number of rotatable bonds is 7. The van der Waals surface area contributed by atoms with E-state index in [1.54, 1.807) is 35.4 Å². The Balaban J connectivity index is 1.31. The molecule has 10 heteroatoms. The molecule has 33 heavy (non-hydrogen) atoms. The minimum absolute atomic E-state index is 0.0956. The van der Waals surface area contributed by atoms with Crippen molar-refractivity contribution in [2.24, 2.45) is 5.92 Å². The molecular formula is C23H25N5O4S. The van der Waals surface area contributed by atoms with Gasteiger partial charge in [-0.05, 0) is 49.6 Å². The van der Waals surface area contributed by atoms with Crippen LogP contribution in [0, 0.1) is 5.92 Å². The summed E-state index contributed by atoms with van der Waals surface area (Å²) < 4.78 is 29.0. The van der Waals surface area contributed by atoms with Crippen LogP contribution >= 0.6 is 0 Å². The predicted molar refractivity (Wildman–Crippen MR) is 121 cm³/mol. The maximum absolute atomic E-state index is 13.0. The minimum Gasteiger partial charge on any atom is -0.352 e. The second kappa shape index (κ2) is 9.63. The average Bonchev–Trinajstić information content (AvgIpc) is 3.38. The van der Waals surface area contributed by atoms with Crippen molar-refractivity contribution in [3.63, 3.8) is 0 Å². The Morgan fingerprint density at radius 3 is 2.55 bits per heavy atom. The number of amides is 1. The van der Waals surface area contributed by atoms with E-state index < -0.39 is 10.0 Å². The number of nitrogens with one attached hydrogen (secondary N) is 1. The molecule has 1 fully saturated rings. The van der Waals surface area contributed by atoms with Gasteiger partial charge in [0, 0.05) is 49.7 Å². The van der Waals surface area contributed by atoms with Gasteiger partial charge in [-0.3, -0.25) is 9.59 Å². The number of Topliss-reactive ketones (excluding diaryl/α,β-unsaturated/α-hetero) is 1. The Labute approximate surface area is 192 Å². The molecule has 172 valence electrons. The summed E-state index contributed by atoms with van der Waals surface area (Å²) in [5.74, 6) is 0.157. The van der Waals surface area contributed by atoms with Crippen molar-refractivity contribution < 1.29 is 18.0 Å². The van der Waals surface area contributed by atoms with Crippen LogP contribution in [0.2, 0.25) is 0 Å². The number of carbonyl (C=O) groups excluding carboxylic acids is 2. The summed E-state index contributed by atoms with van der Waals surface area (Å²) in [6, 6.07) is 11.6. The first-order valence-electron chi connectivity index (χ1n) is 10.7. The van der Waals surface area contributed by atoms with Gasteiger partial charge in [-0.25, -0.2) is 18.1 Å². The first-order chi connectivity index (χ1) is 15.8. The smallest absolute Gasteiger partial charge is 0.243 e. The maximum Gasteiger partial charge on any atom is 0.243 e. The molecule has 1 aliphatic rings. The summed E-state index contributed by atoms with van der Waals surface area (Å²) in [5, 5.41) is 7.05. The van der Waals surface area contributed by atoms with Crippen LogP contribution in [0.5, 0.6) is 0 Å². The van der Waals surface area contributed by atoms with Crippen molar-refractivity contribution in [2.45, 2.75) is 31.2 Å². The van der Waals surface area contributed by atoms with E-state index in [1.807, 2.05) is 18.2 Å². The molecule has 9 nitrogen and oxygen atoms in total. The van der Waals surface area contributed by atoms with Crippen LogP contribution in [0.1, 0.15) is 35.7 Å². The lowest BCUT2D eigenvalue weighted by Gasteiger charge is -2.30. The first-order valence-corrected chi connectivity index (χ1v) is 12.1. The minimum atomic E-state index is -3.71. The van der Waals surface area contributed by atoms with Gasteiger partial charge in [-0.2, -0.15) is 9.40 Å². The number of benzene rings is 1. The van der Waals surface area contributed by atoms with E-state index in [9.17, 15) is 18.0 Å². The lowest BCUT2D eigenvalue weighted by Crippen LogP contribution is -2.42. The van der Waals surface area contributed by atoms with Gasteiger partial charge in [0.25, 0.3) is 0 Å². The largest absolute Gasteiger partial charge is 0.352 e. The molecular weight excluding hydrogens is 442 g/mol. The van der Waals surface area contributed by atoms with Crippen molar-refractivity contribution in [3.05, 3.63) is 72.2 Å². The molecule has 4 rings (SSSR count). The molecule has 0 unspecified atom stereocenters. The lowest BCUT2D eigenvalue weighted by molar-refractivity contribution is -0.126. The SMILES string of the molecule is CC(=O)c1cccc(S(=O)(=O)N2CCC(C(=O)NCc3ccc(-n4cccn4)nc3)CC2)c1. The Hall–Kier alpha value is -3.37. The van der Waals surface area contributed by atoms with Crippen molar-refractivity contribution in [1.82, 2.24) is 24.4 Å². The molecule has 1 amide bonds. The average molecular weight is 468 g/mol. The van der Waals surface area contributed by atoms with Crippen molar-refractivity contribution in [2.75, 3.05) is 13.1 Å². The summed E-state index contributed by atoms with van der Waals surface area (Å²) >= 11 is 0. The summed E-state index contributed by atoms with van der Waals surface area (Å²) in [6.45, 7) is 2.26.